The molecular weight excluding hydrogens is 286 g/mol. The minimum Gasteiger partial charge on any atom is -0.497 e. The number of ether oxygens (including phenoxy) is 1. The second kappa shape index (κ2) is 4.75. The third-order valence-corrected chi connectivity index (χ3v) is 4.10. The van der Waals surface area contributed by atoms with Gasteiger partial charge in [-0.05, 0) is 36.4 Å². The van der Waals surface area contributed by atoms with Gasteiger partial charge in [-0.3, -0.25) is 0 Å². The van der Waals surface area contributed by atoms with Gasteiger partial charge in [-0.1, -0.05) is 11.3 Å². The first-order valence-electron chi connectivity index (χ1n) is 6.38. The third-order valence-electron chi connectivity index (χ3n) is 3.16. The van der Waals surface area contributed by atoms with E-state index in [1.165, 1.54) is 11.3 Å². The molecule has 104 valence electrons. The van der Waals surface area contributed by atoms with Gasteiger partial charge in [0.2, 0.25) is 4.96 Å². The quantitative estimate of drug-likeness (QED) is 0.578. The number of imidazole rings is 1. The van der Waals surface area contributed by atoms with E-state index in [1.54, 1.807) is 17.9 Å². The van der Waals surface area contributed by atoms with E-state index in [4.69, 9.17) is 9.15 Å². The van der Waals surface area contributed by atoms with E-state index in [2.05, 4.69) is 10.1 Å². The Kier molecular flexibility index (Phi) is 2.75. The molecule has 5 nitrogen and oxygen atoms in total. The number of hydrogen-bond donors (Lipinski definition) is 0. The van der Waals surface area contributed by atoms with Crippen molar-refractivity contribution in [1.82, 2.24) is 14.6 Å². The molecule has 0 aliphatic heterocycles. The van der Waals surface area contributed by atoms with Crippen molar-refractivity contribution >= 4 is 16.3 Å². The SMILES string of the molecule is COc1ccc(-c2cn3nc(-c4ccco4)sc3n2)cc1. The highest BCUT2D eigenvalue weighted by Gasteiger charge is 2.12. The number of aromatic nitrogens is 3. The lowest BCUT2D eigenvalue weighted by Gasteiger charge is -2.00. The molecule has 0 N–H and O–H groups in total. The molecule has 0 amide bonds. The fourth-order valence-corrected chi connectivity index (χ4v) is 2.95. The van der Waals surface area contributed by atoms with Crippen LogP contribution in [-0.2, 0) is 0 Å². The summed E-state index contributed by atoms with van der Waals surface area (Å²) in [6, 6.07) is 11.6. The zero-order chi connectivity index (χ0) is 14.2. The number of benzene rings is 1. The zero-order valence-corrected chi connectivity index (χ0v) is 12.0. The van der Waals surface area contributed by atoms with Crippen LogP contribution >= 0.6 is 11.3 Å². The molecule has 1 aromatic carbocycles. The Bertz CT molecular complexity index is 844. The van der Waals surface area contributed by atoms with Gasteiger partial charge in [0, 0.05) is 5.56 Å². The van der Waals surface area contributed by atoms with E-state index in [0.717, 1.165) is 32.7 Å². The third kappa shape index (κ3) is 2.09. The van der Waals surface area contributed by atoms with E-state index in [0.29, 0.717) is 0 Å². The Morgan fingerprint density at radius 2 is 2.05 bits per heavy atom. The molecule has 3 aromatic heterocycles. The van der Waals surface area contributed by atoms with E-state index < -0.39 is 0 Å². The minimum atomic E-state index is 0.761. The smallest absolute Gasteiger partial charge is 0.213 e. The van der Waals surface area contributed by atoms with Crippen LogP contribution in [0.15, 0.2) is 53.3 Å². The summed E-state index contributed by atoms with van der Waals surface area (Å²) in [5.41, 5.74) is 1.93. The van der Waals surface area contributed by atoms with Crippen molar-refractivity contribution in [1.29, 1.82) is 0 Å². The molecule has 4 rings (SSSR count). The Hall–Kier alpha value is -2.60. The summed E-state index contributed by atoms with van der Waals surface area (Å²) < 4.78 is 12.3. The lowest BCUT2D eigenvalue weighted by molar-refractivity contribution is 0.415. The van der Waals surface area contributed by atoms with Crippen LogP contribution in [0.1, 0.15) is 0 Å². The molecule has 0 aliphatic carbocycles. The maximum Gasteiger partial charge on any atom is 0.213 e. The van der Waals surface area contributed by atoms with Gasteiger partial charge in [0.15, 0.2) is 10.8 Å². The Labute approximate surface area is 124 Å². The average Bonchev–Trinajstić information content (AvgIpc) is 3.22. The monoisotopic (exact) mass is 297 g/mol. The second-order valence-corrected chi connectivity index (χ2v) is 5.42. The summed E-state index contributed by atoms with van der Waals surface area (Å²) in [6.07, 6.45) is 3.56. The molecule has 0 saturated carbocycles. The predicted molar refractivity (Wildman–Crippen MR) is 80.6 cm³/mol. The molecular formula is C15H11N3O2S. The highest BCUT2D eigenvalue weighted by molar-refractivity contribution is 7.19. The standard InChI is InChI=1S/C15H11N3O2S/c1-19-11-6-4-10(5-7-11)12-9-18-15(16-12)21-14(17-18)13-3-2-8-20-13/h2-9H,1H3. The highest BCUT2D eigenvalue weighted by Crippen LogP contribution is 2.28. The van der Waals surface area contributed by atoms with Gasteiger partial charge >= 0.3 is 0 Å². The normalized spacial score (nSPS) is 11.1. The van der Waals surface area contributed by atoms with Crippen molar-refractivity contribution in [3.8, 4) is 27.8 Å². The van der Waals surface area contributed by atoms with Crippen LogP contribution in [0.4, 0.5) is 0 Å². The predicted octanol–water partition coefficient (Wildman–Crippen LogP) is 3.73. The fourth-order valence-electron chi connectivity index (χ4n) is 2.10. The topological polar surface area (TPSA) is 52.6 Å². The molecule has 21 heavy (non-hydrogen) atoms. The van der Waals surface area contributed by atoms with Crippen LogP contribution in [-0.4, -0.2) is 21.7 Å². The zero-order valence-electron chi connectivity index (χ0n) is 11.2. The van der Waals surface area contributed by atoms with E-state index in [1.807, 2.05) is 42.6 Å². The van der Waals surface area contributed by atoms with Gasteiger partial charge in [0.05, 0.1) is 25.3 Å². The number of nitrogens with zero attached hydrogens (tertiary/aromatic N) is 3. The van der Waals surface area contributed by atoms with Gasteiger partial charge in [-0.2, -0.15) is 5.10 Å². The summed E-state index contributed by atoms with van der Waals surface area (Å²) in [5.74, 6) is 1.59. The number of furan rings is 1. The van der Waals surface area contributed by atoms with Crippen LogP contribution in [0, 0.1) is 0 Å². The summed E-state index contributed by atoms with van der Waals surface area (Å²) in [5, 5.41) is 5.31. The number of hydrogen-bond acceptors (Lipinski definition) is 5. The van der Waals surface area contributed by atoms with Gasteiger partial charge < -0.3 is 9.15 Å². The molecule has 0 spiro atoms. The van der Waals surface area contributed by atoms with E-state index in [9.17, 15) is 0 Å². The molecule has 0 fully saturated rings. The fraction of sp³-hybridized carbons (Fsp3) is 0.0667. The molecule has 0 aliphatic rings. The van der Waals surface area contributed by atoms with E-state index in [-0.39, 0.29) is 0 Å². The largest absolute Gasteiger partial charge is 0.497 e. The van der Waals surface area contributed by atoms with E-state index >= 15 is 0 Å². The Balaban J connectivity index is 1.72. The van der Waals surface area contributed by atoms with Crippen molar-refractivity contribution in [2.75, 3.05) is 7.11 Å². The van der Waals surface area contributed by atoms with Crippen LogP contribution in [0.2, 0.25) is 0 Å². The summed E-state index contributed by atoms with van der Waals surface area (Å²) in [6.45, 7) is 0. The first-order valence-corrected chi connectivity index (χ1v) is 7.19. The van der Waals surface area contributed by atoms with Gasteiger partial charge in [0.25, 0.3) is 0 Å². The van der Waals surface area contributed by atoms with Crippen molar-refractivity contribution in [3.63, 3.8) is 0 Å². The molecule has 0 unspecified atom stereocenters. The summed E-state index contributed by atoms with van der Waals surface area (Å²) in [4.78, 5) is 5.45. The molecule has 3 heterocycles. The van der Waals surface area contributed by atoms with Crippen LogP contribution < -0.4 is 4.74 Å². The maximum atomic E-state index is 5.35. The summed E-state index contributed by atoms with van der Waals surface area (Å²) in [7, 11) is 1.65. The van der Waals surface area contributed by atoms with Gasteiger partial charge in [-0.25, -0.2) is 9.50 Å². The van der Waals surface area contributed by atoms with Crippen molar-refractivity contribution in [2.45, 2.75) is 0 Å². The molecule has 0 saturated heterocycles. The van der Waals surface area contributed by atoms with Crippen LogP contribution in [0.5, 0.6) is 5.75 Å². The Morgan fingerprint density at radius 1 is 1.19 bits per heavy atom. The van der Waals surface area contributed by atoms with Crippen molar-refractivity contribution < 1.29 is 9.15 Å². The number of methoxy groups -OCH3 is 1. The maximum absolute atomic E-state index is 5.35. The lowest BCUT2D eigenvalue weighted by atomic mass is 10.2. The molecule has 0 radical (unpaired) electrons. The molecule has 6 heteroatoms. The van der Waals surface area contributed by atoms with Crippen LogP contribution in [0.25, 0.3) is 27.0 Å². The number of rotatable bonds is 3. The van der Waals surface area contributed by atoms with Crippen molar-refractivity contribution in [3.05, 3.63) is 48.9 Å². The van der Waals surface area contributed by atoms with Gasteiger partial charge in [-0.15, -0.1) is 0 Å². The first kappa shape index (κ1) is 12.2. The number of fused-ring (bicyclic) bond motifs is 1. The van der Waals surface area contributed by atoms with Crippen molar-refractivity contribution in [2.24, 2.45) is 0 Å². The molecule has 4 aromatic rings. The summed E-state index contributed by atoms with van der Waals surface area (Å²) >= 11 is 1.50. The highest BCUT2D eigenvalue weighted by atomic mass is 32.1. The molecule has 0 atom stereocenters. The van der Waals surface area contributed by atoms with Gasteiger partial charge in [0.1, 0.15) is 5.75 Å². The average molecular weight is 297 g/mol. The minimum absolute atomic E-state index is 0.761. The lowest BCUT2D eigenvalue weighted by Crippen LogP contribution is -1.83. The first-order chi connectivity index (χ1) is 10.3. The molecule has 0 bridgehead atoms. The second-order valence-electron chi connectivity index (χ2n) is 4.47. The Morgan fingerprint density at radius 3 is 2.71 bits per heavy atom. The van der Waals surface area contributed by atoms with Crippen LogP contribution in [0.3, 0.4) is 0 Å².